The summed E-state index contributed by atoms with van der Waals surface area (Å²) in [6.45, 7) is 13.0. The molecule has 0 spiro atoms. The highest BCUT2D eigenvalue weighted by molar-refractivity contribution is 6.45. The molecular weight excluding hydrogens is 474 g/mol. The number of aliphatic carboxylic acids is 1. The van der Waals surface area contributed by atoms with Gasteiger partial charge in [-0.25, -0.2) is 0 Å². The number of hydrogen-bond donors (Lipinski definition) is 1. The summed E-state index contributed by atoms with van der Waals surface area (Å²) >= 11 is 12.2. The maximum Gasteiger partial charge on any atom is 0.457 e. The van der Waals surface area contributed by atoms with Gasteiger partial charge in [-0.05, 0) is 78.0 Å². The maximum absolute atomic E-state index is 11.8. The lowest BCUT2D eigenvalue weighted by atomic mass is 9.81. The van der Waals surface area contributed by atoms with Crippen LogP contribution in [0.4, 0.5) is 5.69 Å². The number of carboxylic acid groups (broad SMARTS) is 1. The second kappa shape index (κ2) is 11.8. The number of piperazine rings is 1. The minimum Gasteiger partial charge on any atom is -0.481 e. The smallest absolute Gasteiger partial charge is 0.457 e. The highest BCUT2D eigenvalue weighted by atomic mass is 35.5. The van der Waals surface area contributed by atoms with E-state index in [1.54, 1.807) is 0 Å². The Labute approximate surface area is 215 Å². The number of carboxylic acids is 1. The first kappa shape index (κ1) is 27.6. The van der Waals surface area contributed by atoms with E-state index < -0.39 is 5.97 Å². The van der Waals surface area contributed by atoms with Gasteiger partial charge in [0.1, 0.15) is 0 Å². The minimum absolute atomic E-state index is 0.198. The summed E-state index contributed by atoms with van der Waals surface area (Å²) in [5.74, 6) is -0.962. The zero-order valence-electron chi connectivity index (χ0n) is 21.0. The molecule has 2 aliphatic rings. The Morgan fingerprint density at radius 2 is 1.62 bits per heavy atom. The Kier molecular flexibility index (Phi) is 9.61. The number of unbranched alkanes of at least 4 members (excludes halogenated alkanes) is 1. The molecule has 2 heterocycles. The zero-order chi connectivity index (χ0) is 24.9. The van der Waals surface area contributed by atoms with Crippen LogP contribution in [0.5, 0.6) is 0 Å². The normalized spacial score (nSPS) is 21.1. The lowest BCUT2D eigenvalue weighted by molar-refractivity contribution is -0.142. The Bertz CT molecular complexity index is 815. The van der Waals surface area contributed by atoms with E-state index in [2.05, 4.69) is 37.5 Å². The van der Waals surface area contributed by atoms with Crippen LogP contribution in [-0.4, -0.2) is 67.0 Å². The minimum atomic E-state index is -0.680. The monoisotopic (exact) mass is 512 g/mol. The van der Waals surface area contributed by atoms with E-state index in [-0.39, 0.29) is 24.2 Å². The molecule has 34 heavy (non-hydrogen) atoms. The molecule has 9 heteroatoms. The quantitative estimate of drug-likeness (QED) is 0.296. The van der Waals surface area contributed by atoms with Crippen molar-refractivity contribution in [2.45, 2.75) is 77.3 Å². The molecule has 2 fully saturated rings. The highest BCUT2D eigenvalue weighted by Crippen LogP contribution is 2.38. The molecule has 1 atom stereocenters. The second-order valence-corrected chi connectivity index (χ2v) is 11.4. The van der Waals surface area contributed by atoms with Crippen molar-refractivity contribution in [3.8, 4) is 0 Å². The fourth-order valence-electron chi connectivity index (χ4n) is 4.65. The molecule has 0 bridgehead atoms. The summed E-state index contributed by atoms with van der Waals surface area (Å²) in [5, 5.41) is 10.8. The fourth-order valence-corrected chi connectivity index (χ4v) is 4.94. The van der Waals surface area contributed by atoms with E-state index in [1.807, 2.05) is 18.2 Å². The summed E-state index contributed by atoms with van der Waals surface area (Å²) in [4.78, 5) is 16.5. The fraction of sp³-hybridized carbons (Fsp3) is 0.720. The molecule has 0 aliphatic carbocycles. The van der Waals surface area contributed by atoms with Gasteiger partial charge in [-0.3, -0.25) is 9.69 Å². The third-order valence-electron chi connectivity index (χ3n) is 7.56. The van der Waals surface area contributed by atoms with Crippen molar-refractivity contribution >= 4 is 42.0 Å². The summed E-state index contributed by atoms with van der Waals surface area (Å²) in [6, 6.07) is 5.77. The van der Waals surface area contributed by atoms with E-state index in [4.69, 9.17) is 32.5 Å². The Morgan fingerprint density at radius 3 is 2.21 bits per heavy atom. The third kappa shape index (κ3) is 7.27. The predicted octanol–water partition coefficient (Wildman–Crippen LogP) is 5.86. The van der Waals surface area contributed by atoms with Gasteiger partial charge in [0, 0.05) is 31.9 Å². The highest BCUT2D eigenvalue weighted by Gasteiger charge is 2.50. The van der Waals surface area contributed by atoms with Crippen LogP contribution >= 0.6 is 23.2 Å². The van der Waals surface area contributed by atoms with Gasteiger partial charge in [0.2, 0.25) is 0 Å². The molecule has 0 amide bonds. The Balaban J connectivity index is 1.32. The molecule has 0 saturated carbocycles. The van der Waals surface area contributed by atoms with Gasteiger partial charge < -0.3 is 19.3 Å². The summed E-state index contributed by atoms with van der Waals surface area (Å²) in [5.41, 5.74) is 0.476. The Morgan fingerprint density at radius 1 is 1.00 bits per heavy atom. The molecular formula is C25H39BCl2N2O4. The first-order valence-electron chi connectivity index (χ1n) is 12.5. The molecule has 3 rings (SSSR count). The first-order chi connectivity index (χ1) is 16.0. The topological polar surface area (TPSA) is 62.2 Å². The van der Waals surface area contributed by atoms with Crippen LogP contribution in [0.1, 0.15) is 59.8 Å². The maximum atomic E-state index is 11.8. The van der Waals surface area contributed by atoms with Gasteiger partial charge in [0.05, 0.1) is 27.2 Å². The molecule has 190 valence electrons. The average Bonchev–Trinajstić information content (AvgIpc) is 2.98. The van der Waals surface area contributed by atoms with Gasteiger partial charge in [-0.15, -0.1) is 0 Å². The van der Waals surface area contributed by atoms with Crippen LogP contribution in [0.15, 0.2) is 18.2 Å². The lowest BCUT2D eigenvalue weighted by Crippen LogP contribution is -2.46. The first-order valence-corrected chi connectivity index (χ1v) is 13.2. The number of benzene rings is 1. The van der Waals surface area contributed by atoms with Crippen molar-refractivity contribution < 1.29 is 19.2 Å². The Hall–Kier alpha value is -0.985. The van der Waals surface area contributed by atoms with Crippen molar-refractivity contribution in [3.05, 3.63) is 28.2 Å². The van der Waals surface area contributed by atoms with Gasteiger partial charge in [0.15, 0.2) is 0 Å². The third-order valence-corrected chi connectivity index (χ3v) is 8.30. The van der Waals surface area contributed by atoms with Crippen molar-refractivity contribution in [1.29, 1.82) is 0 Å². The van der Waals surface area contributed by atoms with E-state index in [1.165, 1.54) is 0 Å². The van der Waals surface area contributed by atoms with Gasteiger partial charge in [-0.2, -0.15) is 0 Å². The van der Waals surface area contributed by atoms with E-state index in [0.29, 0.717) is 16.5 Å². The molecule has 1 N–H and O–H groups in total. The van der Waals surface area contributed by atoms with E-state index in [0.717, 1.165) is 70.4 Å². The van der Waals surface area contributed by atoms with Crippen LogP contribution in [0.2, 0.25) is 16.4 Å². The molecule has 6 nitrogen and oxygen atoms in total. The second-order valence-electron chi connectivity index (χ2n) is 10.6. The molecule has 2 saturated heterocycles. The lowest BCUT2D eigenvalue weighted by Gasteiger charge is -2.36. The van der Waals surface area contributed by atoms with Gasteiger partial charge in [-0.1, -0.05) is 36.0 Å². The standard InChI is InChI=1S/C25H39BCl2N2O4/c1-24(2)25(3,4)34-26(33-24)12-6-5-8-19(23(31)32)9-7-13-29-14-16-30(17-15-29)20-10-11-21(27)22(28)18-20/h10-11,18-19H,5-9,12-17H2,1-4H3,(H,31,32). The summed E-state index contributed by atoms with van der Waals surface area (Å²) in [6.07, 6.45) is 4.93. The largest absolute Gasteiger partial charge is 0.481 e. The van der Waals surface area contributed by atoms with Crippen LogP contribution in [-0.2, 0) is 14.1 Å². The summed E-state index contributed by atoms with van der Waals surface area (Å²) < 4.78 is 12.1. The van der Waals surface area contributed by atoms with Crippen molar-refractivity contribution in [3.63, 3.8) is 0 Å². The number of anilines is 1. The number of halogens is 2. The van der Waals surface area contributed by atoms with Crippen molar-refractivity contribution in [2.75, 3.05) is 37.6 Å². The van der Waals surface area contributed by atoms with Gasteiger partial charge in [0.25, 0.3) is 0 Å². The molecule has 0 aromatic heterocycles. The van der Waals surface area contributed by atoms with Crippen LogP contribution < -0.4 is 4.90 Å². The van der Waals surface area contributed by atoms with Gasteiger partial charge >= 0.3 is 13.1 Å². The molecule has 0 radical (unpaired) electrons. The number of nitrogens with zero attached hydrogens (tertiary/aromatic N) is 2. The molecule has 2 aliphatic heterocycles. The number of hydrogen-bond acceptors (Lipinski definition) is 5. The average molecular weight is 513 g/mol. The number of carbonyl (C=O) groups is 1. The van der Waals surface area contributed by atoms with Crippen molar-refractivity contribution in [1.82, 2.24) is 4.90 Å². The van der Waals surface area contributed by atoms with Crippen LogP contribution in [0.3, 0.4) is 0 Å². The van der Waals surface area contributed by atoms with Crippen LogP contribution in [0, 0.1) is 5.92 Å². The number of rotatable bonds is 11. The van der Waals surface area contributed by atoms with E-state index >= 15 is 0 Å². The molecule has 1 aromatic carbocycles. The molecule has 1 unspecified atom stereocenters. The SMILES string of the molecule is CC1(C)OB(CCCCC(CCCN2CCN(c3ccc(Cl)c(Cl)c3)CC2)C(=O)O)OC1(C)C. The predicted molar refractivity (Wildman–Crippen MR) is 140 cm³/mol. The zero-order valence-corrected chi connectivity index (χ0v) is 22.5. The van der Waals surface area contributed by atoms with E-state index in [9.17, 15) is 9.90 Å². The van der Waals surface area contributed by atoms with Crippen LogP contribution in [0.25, 0.3) is 0 Å². The molecule has 1 aromatic rings. The van der Waals surface area contributed by atoms with Crippen molar-refractivity contribution in [2.24, 2.45) is 5.92 Å². The summed E-state index contributed by atoms with van der Waals surface area (Å²) in [7, 11) is -0.198.